The van der Waals surface area contributed by atoms with Crippen LogP contribution in [0.2, 0.25) is 0 Å². The van der Waals surface area contributed by atoms with E-state index in [1.165, 1.54) is 6.42 Å². The number of piperazine rings is 1. The van der Waals surface area contributed by atoms with Crippen LogP contribution in [0.4, 0.5) is 0 Å². The van der Waals surface area contributed by atoms with E-state index in [9.17, 15) is 24.8 Å². The number of hydrogen-bond acceptors (Lipinski definition) is 5. The van der Waals surface area contributed by atoms with Crippen molar-refractivity contribution in [2.24, 2.45) is 5.92 Å². The van der Waals surface area contributed by atoms with Crippen molar-refractivity contribution in [2.45, 2.75) is 83.0 Å². The molecule has 2 N–H and O–H groups in total. The fourth-order valence-corrected chi connectivity index (χ4v) is 7.28. The predicted molar refractivity (Wildman–Crippen MR) is 170 cm³/mol. The molecule has 3 aliphatic rings. The molecule has 3 unspecified atom stereocenters. The van der Waals surface area contributed by atoms with E-state index in [0.29, 0.717) is 36.9 Å². The highest BCUT2D eigenvalue weighted by Gasteiger charge is 2.51. The molecule has 1 saturated carbocycles. The Kier molecular flexibility index (Phi) is 8.88. The van der Waals surface area contributed by atoms with Gasteiger partial charge in [-0.3, -0.25) is 14.4 Å². The Morgan fingerprint density at radius 1 is 0.978 bits per heavy atom. The van der Waals surface area contributed by atoms with E-state index < -0.39 is 18.1 Å². The second-order valence-electron chi connectivity index (χ2n) is 12.8. The fourth-order valence-electron chi connectivity index (χ4n) is 7.28. The molecule has 0 radical (unpaired) electrons. The average Bonchev–Trinajstić information content (AvgIpc) is 3.06. The van der Waals surface area contributed by atoms with E-state index in [-0.39, 0.29) is 35.9 Å². The van der Waals surface area contributed by atoms with E-state index in [2.05, 4.69) is 11.4 Å². The maximum Gasteiger partial charge on any atom is 0.247 e. The second kappa shape index (κ2) is 13.2. The molecule has 8 nitrogen and oxygen atoms in total. The molecule has 6 rings (SSSR count). The normalized spacial score (nSPS) is 20.6. The van der Waals surface area contributed by atoms with Crippen molar-refractivity contribution in [3.8, 4) is 11.8 Å². The number of hydrogen-bond donors (Lipinski definition) is 2. The third-order valence-electron chi connectivity index (χ3n) is 9.76. The molecular weight excluding hydrogens is 564 g/mol. The van der Waals surface area contributed by atoms with Gasteiger partial charge in [-0.15, -0.1) is 0 Å². The average molecular weight is 605 g/mol. The van der Waals surface area contributed by atoms with Crippen LogP contribution in [0.25, 0.3) is 0 Å². The van der Waals surface area contributed by atoms with Crippen LogP contribution < -0.4 is 5.32 Å². The van der Waals surface area contributed by atoms with Crippen LogP contribution in [-0.4, -0.2) is 51.3 Å². The first-order chi connectivity index (χ1) is 21.8. The Morgan fingerprint density at radius 2 is 1.71 bits per heavy atom. The summed E-state index contributed by atoms with van der Waals surface area (Å²) in [7, 11) is 0. The summed E-state index contributed by atoms with van der Waals surface area (Å²) >= 11 is 0. The quantitative estimate of drug-likeness (QED) is 0.371. The highest BCUT2D eigenvalue weighted by atomic mass is 16.3. The minimum absolute atomic E-state index is 0.131. The summed E-state index contributed by atoms with van der Waals surface area (Å²) in [4.78, 5) is 46.6. The summed E-state index contributed by atoms with van der Waals surface area (Å²) in [5.41, 5.74) is 5.05. The summed E-state index contributed by atoms with van der Waals surface area (Å²) in [6.07, 6.45) is 6.81. The minimum atomic E-state index is -1.02. The summed E-state index contributed by atoms with van der Waals surface area (Å²) in [5.74, 6) is -0.308. The van der Waals surface area contributed by atoms with Crippen LogP contribution in [0.5, 0.6) is 5.75 Å². The first-order valence-electron chi connectivity index (χ1n) is 16.1. The van der Waals surface area contributed by atoms with Gasteiger partial charge >= 0.3 is 0 Å². The van der Waals surface area contributed by atoms with Crippen molar-refractivity contribution in [1.29, 1.82) is 5.26 Å². The van der Waals surface area contributed by atoms with Gasteiger partial charge in [0.15, 0.2) is 0 Å². The maximum absolute atomic E-state index is 14.7. The molecule has 0 bridgehead atoms. The van der Waals surface area contributed by atoms with E-state index in [4.69, 9.17) is 0 Å². The van der Waals surface area contributed by atoms with E-state index in [0.717, 1.165) is 47.9 Å². The highest BCUT2D eigenvalue weighted by Crippen LogP contribution is 2.39. The minimum Gasteiger partial charge on any atom is -0.508 e. The molecule has 3 atom stereocenters. The van der Waals surface area contributed by atoms with Gasteiger partial charge in [-0.2, -0.15) is 5.26 Å². The van der Waals surface area contributed by atoms with Crippen molar-refractivity contribution in [2.75, 3.05) is 6.54 Å². The van der Waals surface area contributed by atoms with E-state index >= 15 is 0 Å². The fraction of sp³-hybridized carbons (Fsp3) is 0.405. The van der Waals surface area contributed by atoms with Gasteiger partial charge in [-0.25, -0.2) is 0 Å². The van der Waals surface area contributed by atoms with Gasteiger partial charge in [0.1, 0.15) is 23.9 Å². The number of carbonyl (C=O) groups is 3. The standard InChI is InChI=1S/C37H40N4O4/c1-24-7-9-25(10-8-24)17-18-39-35(43)34(28-13-11-27(22-38)12-14-28)41-33(19-26-5-3-2-4-6-26)36(44)40-23-30-20-31(42)16-15-29(30)21-32(40)37(41)45/h7-16,20,26,32-34,42H,2-6,17-19,21,23H2,1H3,(H,39,43). The van der Waals surface area contributed by atoms with Gasteiger partial charge in [-0.05, 0) is 72.2 Å². The van der Waals surface area contributed by atoms with Gasteiger partial charge in [0, 0.05) is 19.5 Å². The van der Waals surface area contributed by atoms with Crippen molar-refractivity contribution in [1.82, 2.24) is 15.1 Å². The summed E-state index contributed by atoms with van der Waals surface area (Å²) in [6, 6.07) is 19.6. The predicted octanol–water partition coefficient (Wildman–Crippen LogP) is 5.11. The number of phenols is 1. The van der Waals surface area contributed by atoms with Crippen LogP contribution in [-0.2, 0) is 33.8 Å². The summed E-state index contributed by atoms with van der Waals surface area (Å²) in [5, 5.41) is 22.6. The van der Waals surface area contributed by atoms with Crippen LogP contribution in [0, 0.1) is 24.2 Å². The molecule has 0 spiro atoms. The molecule has 8 heteroatoms. The first kappa shape index (κ1) is 30.4. The topological polar surface area (TPSA) is 114 Å². The number of aromatic hydroxyl groups is 1. The maximum atomic E-state index is 14.7. The zero-order valence-electron chi connectivity index (χ0n) is 25.7. The Hall–Kier alpha value is -4.64. The summed E-state index contributed by atoms with van der Waals surface area (Å²) < 4.78 is 0. The van der Waals surface area contributed by atoms with Crippen molar-refractivity contribution in [3.63, 3.8) is 0 Å². The molecule has 2 heterocycles. The number of carbonyl (C=O) groups excluding carboxylic acids is 3. The third kappa shape index (κ3) is 6.44. The van der Waals surface area contributed by atoms with Gasteiger partial charge in [0.25, 0.3) is 0 Å². The number of nitrogens with zero attached hydrogens (tertiary/aromatic N) is 3. The van der Waals surface area contributed by atoms with Crippen molar-refractivity contribution >= 4 is 17.7 Å². The highest BCUT2D eigenvalue weighted by molar-refractivity contribution is 6.00. The SMILES string of the molecule is Cc1ccc(CCNC(=O)C(c2ccc(C#N)cc2)N2C(=O)C3Cc4ccc(O)cc4CN3C(=O)C2CC2CCCCC2)cc1. The number of nitrogens with one attached hydrogen (secondary N) is 1. The second-order valence-corrected chi connectivity index (χ2v) is 12.8. The van der Waals surface area contributed by atoms with Crippen molar-refractivity contribution < 1.29 is 19.5 Å². The van der Waals surface area contributed by atoms with Crippen molar-refractivity contribution in [3.05, 3.63) is 100 Å². The Balaban J connectivity index is 1.36. The molecule has 1 saturated heterocycles. The van der Waals surface area contributed by atoms with Gasteiger partial charge in [0.05, 0.1) is 11.6 Å². The molecule has 2 fully saturated rings. The lowest BCUT2D eigenvalue weighted by molar-refractivity contribution is -0.169. The number of aryl methyl sites for hydroxylation is 1. The monoisotopic (exact) mass is 604 g/mol. The van der Waals surface area contributed by atoms with Crippen LogP contribution in [0.1, 0.15) is 77.9 Å². The molecule has 1 aliphatic carbocycles. The summed E-state index contributed by atoms with van der Waals surface area (Å²) in [6.45, 7) is 2.66. The molecule has 2 aliphatic heterocycles. The zero-order chi connectivity index (χ0) is 31.5. The number of rotatable bonds is 8. The lowest BCUT2D eigenvalue weighted by atomic mass is 9.81. The number of nitriles is 1. The van der Waals surface area contributed by atoms with Crippen LogP contribution in [0.15, 0.2) is 66.7 Å². The van der Waals surface area contributed by atoms with E-state index in [1.807, 2.05) is 37.3 Å². The molecular formula is C37H40N4O4. The molecule has 232 valence electrons. The molecule has 3 aromatic rings. The van der Waals surface area contributed by atoms with Gasteiger partial charge in [-0.1, -0.05) is 80.1 Å². The molecule has 3 aromatic carbocycles. The number of phenolic OH excluding ortho intramolecular Hbond substituents is 1. The molecule has 0 aromatic heterocycles. The Morgan fingerprint density at radius 3 is 2.42 bits per heavy atom. The lowest BCUT2D eigenvalue weighted by Crippen LogP contribution is -2.67. The zero-order valence-corrected chi connectivity index (χ0v) is 25.7. The lowest BCUT2D eigenvalue weighted by Gasteiger charge is -2.50. The number of amides is 3. The van der Waals surface area contributed by atoms with Gasteiger partial charge < -0.3 is 20.2 Å². The van der Waals surface area contributed by atoms with Crippen LogP contribution in [0.3, 0.4) is 0 Å². The molecule has 3 amide bonds. The largest absolute Gasteiger partial charge is 0.508 e. The van der Waals surface area contributed by atoms with Crippen LogP contribution >= 0.6 is 0 Å². The molecule has 45 heavy (non-hydrogen) atoms. The Labute approximate surface area is 264 Å². The smallest absolute Gasteiger partial charge is 0.247 e. The number of benzene rings is 3. The first-order valence-corrected chi connectivity index (χ1v) is 16.1. The van der Waals surface area contributed by atoms with E-state index in [1.54, 1.807) is 46.2 Å². The third-order valence-corrected chi connectivity index (χ3v) is 9.76. The van der Waals surface area contributed by atoms with Gasteiger partial charge in [0.2, 0.25) is 17.7 Å². The number of fused-ring (bicyclic) bond motifs is 2. The Bertz CT molecular complexity index is 1600.